The second-order valence-corrected chi connectivity index (χ2v) is 16.3. The fourth-order valence-corrected chi connectivity index (χ4v) is 9.31. The minimum absolute atomic E-state index is 0.534. The molecule has 0 aliphatic heterocycles. The Labute approximate surface area is 367 Å². The molecule has 9 aromatic carbocycles. The molecule has 6 heteroatoms. The standard InChI is InChI=1S/C58H35N5O/c1-2-12-41-32-43(25-22-36(41)10-1)37-20-23-40(24-21-37)55-60-56(62-57(61-55)45-34-51-49-17-6-8-19-53(49)64-58(51)59-35-45)44-14-9-13-42(33-44)38-26-29-46(30-27-38)63-52-18-7-5-16-48(52)50-31-28-39-11-3-4-15-47(39)54(50)63/h1-35H. The normalized spacial score (nSPS) is 11.8. The monoisotopic (exact) mass is 817 g/mol. The molecule has 0 saturated heterocycles. The quantitative estimate of drug-likeness (QED) is 0.167. The number of rotatable bonds is 6. The van der Waals surface area contributed by atoms with Gasteiger partial charge in [0.25, 0.3) is 0 Å². The predicted octanol–water partition coefficient (Wildman–Crippen LogP) is 14.9. The summed E-state index contributed by atoms with van der Waals surface area (Å²) in [6.45, 7) is 0. The minimum Gasteiger partial charge on any atom is -0.438 e. The number of aromatic nitrogens is 5. The number of benzene rings is 9. The summed E-state index contributed by atoms with van der Waals surface area (Å²) < 4.78 is 8.47. The molecule has 0 radical (unpaired) electrons. The van der Waals surface area contributed by atoms with Crippen LogP contribution in [0.1, 0.15) is 0 Å². The highest BCUT2D eigenvalue weighted by atomic mass is 16.3. The molecule has 0 spiro atoms. The first-order valence-corrected chi connectivity index (χ1v) is 21.4. The highest BCUT2D eigenvalue weighted by Crippen LogP contribution is 2.38. The van der Waals surface area contributed by atoms with E-state index in [-0.39, 0.29) is 0 Å². The van der Waals surface area contributed by atoms with E-state index in [0.29, 0.717) is 23.2 Å². The van der Waals surface area contributed by atoms with Gasteiger partial charge in [-0.2, -0.15) is 0 Å². The highest BCUT2D eigenvalue weighted by Gasteiger charge is 2.18. The third-order valence-electron chi connectivity index (χ3n) is 12.5. The largest absolute Gasteiger partial charge is 0.438 e. The summed E-state index contributed by atoms with van der Waals surface area (Å²) in [4.78, 5) is 20.1. The Morgan fingerprint density at radius 2 is 0.938 bits per heavy atom. The summed E-state index contributed by atoms with van der Waals surface area (Å²) in [5.74, 6) is 1.69. The number of hydrogen-bond donors (Lipinski definition) is 0. The van der Waals surface area contributed by atoms with E-state index in [1.165, 1.54) is 43.4 Å². The van der Waals surface area contributed by atoms with Crippen molar-refractivity contribution in [3.8, 4) is 62.1 Å². The molecule has 0 unspecified atom stereocenters. The fraction of sp³-hybridized carbons (Fsp3) is 0. The summed E-state index contributed by atoms with van der Waals surface area (Å²) in [6.07, 6.45) is 1.79. The van der Waals surface area contributed by atoms with Crippen LogP contribution in [-0.4, -0.2) is 24.5 Å². The van der Waals surface area contributed by atoms with E-state index in [4.69, 9.17) is 24.4 Å². The second-order valence-electron chi connectivity index (χ2n) is 16.3. The summed E-state index contributed by atoms with van der Waals surface area (Å²) >= 11 is 0. The highest BCUT2D eigenvalue weighted by molar-refractivity contribution is 6.18. The molecular weight excluding hydrogens is 783 g/mol. The van der Waals surface area contributed by atoms with E-state index in [9.17, 15) is 0 Å². The van der Waals surface area contributed by atoms with Crippen LogP contribution in [0.4, 0.5) is 0 Å². The van der Waals surface area contributed by atoms with Crippen molar-refractivity contribution in [2.75, 3.05) is 0 Å². The van der Waals surface area contributed by atoms with Crippen molar-refractivity contribution in [1.82, 2.24) is 24.5 Å². The van der Waals surface area contributed by atoms with Crippen LogP contribution in [0.2, 0.25) is 0 Å². The lowest BCUT2D eigenvalue weighted by atomic mass is 10.00. The number of hydrogen-bond acceptors (Lipinski definition) is 5. The van der Waals surface area contributed by atoms with Gasteiger partial charge in [-0.1, -0.05) is 164 Å². The van der Waals surface area contributed by atoms with Crippen LogP contribution < -0.4 is 0 Å². The van der Waals surface area contributed by atoms with Gasteiger partial charge < -0.3 is 8.98 Å². The van der Waals surface area contributed by atoms with E-state index in [1.807, 2.05) is 18.2 Å². The number of pyridine rings is 1. The van der Waals surface area contributed by atoms with Crippen molar-refractivity contribution in [2.45, 2.75) is 0 Å². The Kier molecular flexibility index (Phi) is 8.11. The van der Waals surface area contributed by atoms with Crippen molar-refractivity contribution >= 4 is 65.4 Å². The van der Waals surface area contributed by atoms with Crippen LogP contribution in [0.25, 0.3) is 128 Å². The van der Waals surface area contributed by atoms with Gasteiger partial charge in [0.15, 0.2) is 17.5 Å². The van der Waals surface area contributed by atoms with Gasteiger partial charge in [0.05, 0.1) is 11.0 Å². The smallest absolute Gasteiger partial charge is 0.227 e. The molecule has 13 aromatic rings. The summed E-state index contributed by atoms with van der Waals surface area (Å²) in [5.41, 5.74) is 11.9. The summed E-state index contributed by atoms with van der Waals surface area (Å²) in [5, 5.41) is 9.29. The molecule has 0 bridgehead atoms. The van der Waals surface area contributed by atoms with Gasteiger partial charge in [0.2, 0.25) is 5.71 Å². The SMILES string of the molecule is c1cc(-c2ccc(-n3c4ccccc4c4ccc5ccccc5c43)cc2)cc(-c2nc(-c3ccc(-c4ccc5ccccc5c4)cc3)nc(-c3cnc4oc5ccccc5c4c3)n2)c1. The molecule has 6 nitrogen and oxygen atoms in total. The Morgan fingerprint density at radius 3 is 1.77 bits per heavy atom. The molecule has 13 rings (SSSR count). The maximum Gasteiger partial charge on any atom is 0.227 e. The van der Waals surface area contributed by atoms with Crippen molar-refractivity contribution in [1.29, 1.82) is 0 Å². The van der Waals surface area contributed by atoms with Gasteiger partial charge in [-0.25, -0.2) is 19.9 Å². The predicted molar refractivity (Wildman–Crippen MR) is 261 cm³/mol. The van der Waals surface area contributed by atoms with Crippen LogP contribution in [0, 0.1) is 0 Å². The molecule has 4 aromatic heterocycles. The Bertz CT molecular complexity index is 3960. The molecule has 0 N–H and O–H groups in total. The fourth-order valence-electron chi connectivity index (χ4n) is 9.31. The van der Waals surface area contributed by atoms with Gasteiger partial charge in [0.1, 0.15) is 5.58 Å². The van der Waals surface area contributed by atoms with E-state index < -0.39 is 0 Å². The Balaban J connectivity index is 0.907. The van der Waals surface area contributed by atoms with E-state index in [1.54, 1.807) is 6.20 Å². The molecule has 0 saturated carbocycles. The molecule has 0 aliphatic rings. The lowest BCUT2D eigenvalue weighted by molar-refractivity contribution is 0.654. The Hall–Kier alpha value is -8.74. The zero-order valence-corrected chi connectivity index (χ0v) is 34.4. The first kappa shape index (κ1) is 36.0. The molecular formula is C58H35N5O. The van der Waals surface area contributed by atoms with Crippen molar-refractivity contribution in [3.63, 3.8) is 0 Å². The number of nitrogens with zero attached hydrogens (tertiary/aromatic N) is 5. The summed E-state index contributed by atoms with van der Waals surface area (Å²) in [7, 11) is 0. The van der Waals surface area contributed by atoms with E-state index in [2.05, 4.69) is 193 Å². The Morgan fingerprint density at radius 1 is 0.344 bits per heavy atom. The van der Waals surface area contributed by atoms with Crippen LogP contribution in [0.3, 0.4) is 0 Å². The third kappa shape index (κ3) is 5.96. The van der Waals surface area contributed by atoms with Crippen LogP contribution in [0.5, 0.6) is 0 Å². The van der Waals surface area contributed by atoms with Gasteiger partial charge in [-0.3, -0.25) is 0 Å². The zero-order valence-electron chi connectivity index (χ0n) is 34.4. The van der Waals surface area contributed by atoms with Crippen LogP contribution >= 0.6 is 0 Å². The molecule has 4 heterocycles. The van der Waals surface area contributed by atoms with Crippen LogP contribution in [-0.2, 0) is 0 Å². The zero-order chi connectivity index (χ0) is 42.1. The molecule has 0 aliphatic carbocycles. The average Bonchev–Trinajstić information content (AvgIpc) is 3.92. The van der Waals surface area contributed by atoms with Gasteiger partial charge in [-0.15, -0.1) is 0 Å². The lowest BCUT2D eigenvalue weighted by Gasteiger charge is -2.12. The van der Waals surface area contributed by atoms with Crippen molar-refractivity contribution in [3.05, 3.63) is 212 Å². The third-order valence-corrected chi connectivity index (χ3v) is 12.5. The number of para-hydroxylation sites is 2. The van der Waals surface area contributed by atoms with Gasteiger partial charge in [-0.05, 0) is 80.9 Å². The lowest BCUT2D eigenvalue weighted by Crippen LogP contribution is -2.00. The van der Waals surface area contributed by atoms with E-state index in [0.717, 1.165) is 61.0 Å². The van der Waals surface area contributed by atoms with Gasteiger partial charge >= 0.3 is 0 Å². The molecule has 64 heavy (non-hydrogen) atoms. The van der Waals surface area contributed by atoms with Crippen molar-refractivity contribution in [2.24, 2.45) is 0 Å². The first-order chi connectivity index (χ1) is 31.7. The maximum atomic E-state index is 6.07. The van der Waals surface area contributed by atoms with Crippen molar-refractivity contribution < 1.29 is 4.42 Å². The molecule has 298 valence electrons. The maximum absolute atomic E-state index is 6.07. The second kappa shape index (κ2) is 14.4. The molecule has 0 atom stereocenters. The first-order valence-electron chi connectivity index (χ1n) is 21.4. The summed E-state index contributed by atoms with van der Waals surface area (Å²) in [6, 6.07) is 72.6. The molecule has 0 amide bonds. The molecule has 0 fully saturated rings. The van der Waals surface area contributed by atoms with Crippen LogP contribution in [0.15, 0.2) is 217 Å². The van der Waals surface area contributed by atoms with E-state index >= 15 is 0 Å². The topological polar surface area (TPSA) is 69.6 Å². The van der Waals surface area contributed by atoms with Gasteiger partial charge in [0, 0.05) is 55.5 Å². The average molecular weight is 818 g/mol. The number of furan rings is 1. The number of fused-ring (bicyclic) bond motifs is 9. The minimum atomic E-state index is 0.534.